The second-order valence-corrected chi connectivity index (χ2v) is 4.97. The van der Waals surface area contributed by atoms with Gasteiger partial charge in [-0.3, -0.25) is 0 Å². The van der Waals surface area contributed by atoms with E-state index in [4.69, 9.17) is 9.47 Å². The first-order chi connectivity index (χ1) is 11.2. The smallest absolute Gasteiger partial charge is 0.343 e. The summed E-state index contributed by atoms with van der Waals surface area (Å²) in [7, 11) is 0. The van der Waals surface area contributed by atoms with Crippen molar-refractivity contribution in [2.75, 3.05) is 6.61 Å². The van der Waals surface area contributed by atoms with Gasteiger partial charge in [0.2, 0.25) is 0 Å². The van der Waals surface area contributed by atoms with Gasteiger partial charge in [0.25, 0.3) is 0 Å². The van der Waals surface area contributed by atoms with Crippen LogP contribution < -0.4 is 9.47 Å². The maximum Gasteiger partial charge on any atom is 0.343 e. The van der Waals surface area contributed by atoms with Crippen LogP contribution in [0.5, 0.6) is 11.5 Å². The van der Waals surface area contributed by atoms with Crippen molar-refractivity contribution in [2.45, 2.75) is 6.92 Å². The first-order valence-corrected chi connectivity index (χ1v) is 7.30. The number of halogens is 1. The lowest BCUT2D eigenvalue weighted by Gasteiger charge is -2.07. The fourth-order valence-electron chi connectivity index (χ4n) is 2.31. The van der Waals surface area contributed by atoms with E-state index in [2.05, 4.69) is 0 Å². The van der Waals surface area contributed by atoms with E-state index in [1.165, 1.54) is 6.07 Å². The van der Waals surface area contributed by atoms with Gasteiger partial charge in [-0.05, 0) is 60.8 Å². The second-order valence-electron chi connectivity index (χ2n) is 4.97. The first kappa shape index (κ1) is 15.0. The maximum absolute atomic E-state index is 13.6. The van der Waals surface area contributed by atoms with Crippen LogP contribution in [0.4, 0.5) is 4.39 Å². The Kier molecular flexibility index (Phi) is 4.24. The van der Waals surface area contributed by atoms with Gasteiger partial charge in [0.1, 0.15) is 17.3 Å². The fraction of sp³-hybridized carbons (Fsp3) is 0.105. The summed E-state index contributed by atoms with van der Waals surface area (Å²) in [5.41, 5.74) is 0.424. The van der Waals surface area contributed by atoms with Crippen molar-refractivity contribution in [2.24, 2.45) is 0 Å². The molecule has 3 rings (SSSR count). The Balaban J connectivity index is 1.79. The number of hydrogen-bond acceptors (Lipinski definition) is 3. The molecule has 3 nitrogen and oxygen atoms in total. The quantitative estimate of drug-likeness (QED) is 0.522. The van der Waals surface area contributed by atoms with E-state index in [0.29, 0.717) is 34.4 Å². The number of hydrogen-bond donors (Lipinski definition) is 0. The predicted octanol–water partition coefficient (Wildman–Crippen LogP) is 4.60. The van der Waals surface area contributed by atoms with E-state index >= 15 is 0 Å². The fourth-order valence-corrected chi connectivity index (χ4v) is 2.31. The highest BCUT2D eigenvalue weighted by Gasteiger charge is 2.10. The Morgan fingerprint density at radius 3 is 2.48 bits per heavy atom. The minimum Gasteiger partial charge on any atom is -0.494 e. The summed E-state index contributed by atoms with van der Waals surface area (Å²) < 4.78 is 24.3. The van der Waals surface area contributed by atoms with Crippen LogP contribution in [0.3, 0.4) is 0 Å². The third-order valence-corrected chi connectivity index (χ3v) is 3.41. The van der Waals surface area contributed by atoms with Gasteiger partial charge in [0.05, 0.1) is 12.2 Å². The van der Waals surface area contributed by atoms with Gasteiger partial charge >= 0.3 is 5.97 Å². The summed E-state index contributed by atoms with van der Waals surface area (Å²) in [4.78, 5) is 12.1. The molecule has 0 spiro atoms. The number of carbonyl (C=O) groups is 1. The van der Waals surface area contributed by atoms with Crippen molar-refractivity contribution in [1.29, 1.82) is 0 Å². The molecular weight excluding hydrogens is 295 g/mol. The molecule has 3 aromatic rings. The van der Waals surface area contributed by atoms with Crippen LogP contribution in [-0.4, -0.2) is 12.6 Å². The third kappa shape index (κ3) is 3.31. The van der Waals surface area contributed by atoms with E-state index in [1.807, 2.05) is 6.92 Å². The van der Waals surface area contributed by atoms with Crippen LogP contribution in [0.25, 0.3) is 10.8 Å². The Bertz CT molecular complexity index is 841. The topological polar surface area (TPSA) is 35.5 Å². The van der Waals surface area contributed by atoms with Crippen molar-refractivity contribution in [3.05, 3.63) is 72.0 Å². The van der Waals surface area contributed by atoms with E-state index < -0.39 is 5.97 Å². The van der Waals surface area contributed by atoms with Crippen molar-refractivity contribution in [3.63, 3.8) is 0 Å². The Labute approximate surface area is 133 Å². The average molecular weight is 310 g/mol. The maximum atomic E-state index is 13.6. The zero-order valence-electron chi connectivity index (χ0n) is 12.6. The summed E-state index contributed by atoms with van der Waals surface area (Å²) in [6.45, 7) is 2.46. The highest BCUT2D eigenvalue weighted by Crippen LogP contribution is 2.24. The van der Waals surface area contributed by atoms with Crippen molar-refractivity contribution in [3.8, 4) is 11.5 Å². The summed E-state index contributed by atoms with van der Waals surface area (Å²) in [6, 6.07) is 16.3. The second kappa shape index (κ2) is 6.48. The molecule has 0 aliphatic heterocycles. The van der Waals surface area contributed by atoms with E-state index in [9.17, 15) is 9.18 Å². The third-order valence-electron chi connectivity index (χ3n) is 3.41. The molecule has 3 aromatic carbocycles. The number of esters is 1. The molecule has 0 amide bonds. The van der Waals surface area contributed by atoms with Crippen molar-refractivity contribution < 1.29 is 18.7 Å². The van der Waals surface area contributed by atoms with Gasteiger partial charge < -0.3 is 9.47 Å². The average Bonchev–Trinajstić information content (AvgIpc) is 2.56. The molecule has 23 heavy (non-hydrogen) atoms. The predicted molar refractivity (Wildman–Crippen MR) is 86.5 cm³/mol. The van der Waals surface area contributed by atoms with Crippen LogP contribution in [0.1, 0.15) is 17.3 Å². The van der Waals surface area contributed by atoms with Gasteiger partial charge in [-0.25, -0.2) is 9.18 Å². The first-order valence-electron chi connectivity index (χ1n) is 7.30. The van der Waals surface area contributed by atoms with Crippen LogP contribution in [0, 0.1) is 5.82 Å². The number of fused-ring (bicyclic) bond motifs is 1. The molecule has 0 bridgehead atoms. The Morgan fingerprint density at radius 2 is 1.74 bits per heavy atom. The van der Waals surface area contributed by atoms with E-state index in [-0.39, 0.29) is 5.82 Å². The zero-order valence-corrected chi connectivity index (χ0v) is 12.6. The Hall–Kier alpha value is -2.88. The summed E-state index contributed by atoms with van der Waals surface area (Å²) in [5, 5.41) is 1.18. The lowest BCUT2D eigenvalue weighted by Crippen LogP contribution is -2.08. The standard InChI is InChI=1S/C19H15FO3/c1-2-22-15-8-6-13(7-9-15)19(21)23-16-10-11-17-14(12-16)4-3-5-18(17)20/h3-12H,2H2,1H3. The van der Waals surface area contributed by atoms with E-state index in [1.54, 1.807) is 54.6 Å². The monoisotopic (exact) mass is 310 g/mol. The number of carbonyl (C=O) groups excluding carboxylic acids is 1. The molecule has 4 heteroatoms. The number of benzene rings is 3. The van der Waals surface area contributed by atoms with Crippen LogP contribution >= 0.6 is 0 Å². The van der Waals surface area contributed by atoms with Gasteiger partial charge in [0.15, 0.2) is 0 Å². The SMILES string of the molecule is CCOc1ccc(C(=O)Oc2ccc3c(F)cccc3c2)cc1. The van der Waals surface area contributed by atoms with Gasteiger partial charge in [0, 0.05) is 5.39 Å². The summed E-state index contributed by atoms with van der Waals surface area (Å²) >= 11 is 0. The van der Waals surface area contributed by atoms with Gasteiger partial charge in [-0.1, -0.05) is 12.1 Å². The minimum atomic E-state index is -0.469. The molecule has 116 valence electrons. The number of ether oxygens (including phenoxy) is 2. The van der Waals surface area contributed by atoms with Gasteiger partial charge in [-0.15, -0.1) is 0 Å². The summed E-state index contributed by atoms with van der Waals surface area (Å²) in [6.07, 6.45) is 0. The largest absolute Gasteiger partial charge is 0.494 e. The highest BCUT2D eigenvalue weighted by atomic mass is 19.1. The van der Waals surface area contributed by atoms with Crippen molar-refractivity contribution >= 4 is 16.7 Å². The lowest BCUT2D eigenvalue weighted by atomic mass is 10.1. The molecule has 0 heterocycles. The molecule has 0 N–H and O–H groups in total. The lowest BCUT2D eigenvalue weighted by molar-refractivity contribution is 0.0735. The number of rotatable bonds is 4. The Morgan fingerprint density at radius 1 is 1.00 bits per heavy atom. The molecular formula is C19H15FO3. The molecule has 0 unspecified atom stereocenters. The molecule has 0 saturated carbocycles. The van der Waals surface area contributed by atoms with Crippen molar-refractivity contribution in [1.82, 2.24) is 0 Å². The van der Waals surface area contributed by atoms with Crippen LogP contribution in [0.2, 0.25) is 0 Å². The van der Waals surface area contributed by atoms with Crippen LogP contribution in [0.15, 0.2) is 60.7 Å². The van der Waals surface area contributed by atoms with Gasteiger partial charge in [-0.2, -0.15) is 0 Å². The molecule has 0 aromatic heterocycles. The summed E-state index contributed by atoms with van der Waals surface area (Å²) in [5.74, 6) is 0.308. The van der Waals surface area contributed by atoms with E-state index in [0.717, 1.165) is 0 Å². The normalized spacial score (nSPS) is 10.5. The zero-order chi connectivity index (χ0) is 16.2. The molecule has 0 aliphatic rings. The molecule has 0 aliphatic carbocycles. The molecule has 0 fully saturated rings. The van der Waals surface area contributed by atoms with Crippen LogP contribution in [-0.2, 0) is 0 Å². The minimum absolute atomic E-state index is 0.299. The molecule has 0 saturated heterocycles. The molecule has 0 radical (unpaired) electrons. The molecule has 0 atom stereocenters. The highest BCUT2D eigenvalue weighted by molar-refractivity contribution is 5.92.